The predicted molar refractivity (Wildman–Crippen MR) is 146 cm³/mol. The number of ketones is 2. The first-order chi connectivity index (χ1) is 18.1. The van der Waals surface area contributed by atoms with Crippen LogP contribution in [-0.2, 0) is 0 Å². The molecule has 0 aliphatic heterocycles. The number of aryl methyl sites for hydroxylation is 1. The van der Waals surface area contributed by atoms with E-state index in [1.165, 1.54) is 0 Å². The number of fused-ring (bicyclic) bond motifs is 2. The quantitative estimate of drug-likeness (QED) is 0.259. The SMILES string of the molecule is CCOc1ccc(-n2c(-c3ccccc3)c3c(c2-c2ccc(C)cc2)C(=O)c2ccccc2C3=O)cc1. The molecule has 1 aliphatic rings. The summed E-state index contributed by atoms with van der Waals surface area (Å²) in [5, 5.41) is 0. The van der Waals surface area contributed by atoms with Crippen molar-refractivity contribution in [2.45, 2.75) is 13.8 Å². The Labute approximate surface area is 215 Å². The Balaban J connectivity index is 1.75. The van der Waals surface area contributed by atoms with Gasteiger partial charge in [-0.2, -0.15) is 0 Å². The first-order valence-corrected chi connectivity index (χ1v) is 12.4. The van der Waals surface area contributed by atoms with Gasteiger partial charge in [-0.1, -0.05) is 84.4 Å². The van der Waals surface area contributed by atoms with Gasteiger partial charge in [0, 0.05) is 16.8 Å². The first kappa shape index (κ1) is 22.7. The average Bonchev–Trinajstić information content (AvgIpc) is 3.30. The van der Waals surface area contributed by atoms with Crippen LogP contribution in [0.15, 0.2) is 103 Å². The average molecular weight is 484 g/mol. The monoisotopic (exact) mass is 483 g/mol. The Morgan fingerprint density at radius 1 is 0.622 bits per heavy atom. The fourth-order valence-corrected chi connectivity index (χ4v) is 5.13. The van der Waals surface area contributed by atoms with Crippen LogP contribution in [0.2, 0.25) is 0 Å². The van der Waals surface area contributed by atoms with E-state index in [1.54, 1.807) is 12.1 Å². The number of rotatable bonds is 5. The normalized spacial score (nSPS) is 12.3. The Morgan fingerprint density at radius 3 is 1.68 bits per heavy atom. The third-order valence-corrected chi connectivity index (χ3v) is 6.82. The van der Waals surface area contributed by atoms with Crippen molar-refractivity contribution in [3.8, 4) is 34.0 Å². The summed E-state index contributed by atoms with van der Waals surface area (Å²) in [4.78, 5) is 28.2. The molecule has 0 spiro atoms. The second kappa shape index (κ2) is 9.07. The maximum absolute atomic E-state index is 14.1. The molecule has 0 N–H and O–H groups in total. The van der Waals surface area contributed by atoms with Crippen molar-refractivity contribution in [3.05, 3.63) is 131 Å². The van der Waals surface area contributed by atoms with E-state index in [2.05, 4.69) is 4.57 Å². The summed E-state index contributed by atoms with van der Waals surface area (Å²) in [6, 6.07) is 32.8. The summed E-state index contributed by atoms with van der Waals surface area (Å²) >= 11 is 0. The van der Waals surface area contributed by atoms with E-state index in [4.69, 9.17) is 4.74 Å². The molecule has 0 bridgehead atoms. The molecule has 0 saturated carbocycles. The van der Waals surface area contributed by atoms with Crippen LogP contribution >= 0.6 is 0 Å². The minimum Gasteiger partial charge on any atom is -0.494 e. The predicted octanol–water partition coefficient (Wildman–Crippen LogP) is 7.29. The van der Waals surface area contributed by atoms with Crippen molar-refractivity contribution in [2.24, 2.45) is 0 Å². The number of hydrogen-bond donors (Lipinski definition) is 0. The molecule has 0 fully saturated rings. The van der Waals surface area contributed by atoms with Gasteiger partial charge in [0.25, 0.3) is 0 Å². The zero-order valence-corrected chi connectivity index (χ0v) is 20.7. The number of aromatic nitrogens is 1. The highest BCUT2D eigenvalue weighted by atomic mass is 16.5. The summed E-state index contributed by atoms with van der Waals surface area (Å²) in [5.41, 5.74) is 6.90. The molecule has 1 aliphatic carbocycles. The Bertz CT molecular complexity index is 1640. The van der Waals surface area contributed by atoms with Gasteiger partial charge in [0.1, 0.15) is 5.75 Å². The molecule has 0 unspecified atom stereocenters. The molecule has 5 aromatic rings. The van der Waals surface area contributed by atoms with E-state index in [-0.39, 0.29) is 11.6 Å². The van der Waals surface area contributed by atoms with E-state index in [0.717, 1.165) is 28.1 Å². The lowest BCUT2D eigenvalue weighted by atomic mass is 9.83. The molecule has 4 aromatic carbocycles. The smallest absolute Gasteiger partial charge is 0.196 e. The summed E-state index contributed by atoms with van der Waals surface area (Å²) in [6.45, 7) is 4.55. The highest BCUT2D eigenvalue weighted by molar-refractivity contribution is 6.32. The van der Waals surface area contributed by atoms with Gasteiger partial charge in [0.2, 0.25) is 0 Å². The number of carbonyl (C=O) groups excluding carboxylic acids is 2. The minimum absolute atomic E-state index is 0.136. The maximum atomic E-state index is 14.1. The van der Waals surface area contributed by atoms with Crippen LogP contribution < -0.4 is 4.74 Å². The van der Waals surface area contributed by atoms with Crippen LogP contribution in [-0.4, -0.2) is 22.7 Å². The Hall–Kier alpha value is -4.70. The van der Waals surface area contributed by atoms with Gasteiger partial charge >= 0.3 is 0 Å². The molecule has 4 heteroatoms. The van der Waals surface area contributed by atoms with Gasteiger partial charge < -0.3 is 9.30 Å². The molecule has 1 heterocycles. The van der Waals surface area contributed by atoms with Crippen LogP contribution in [0.25, 0.3) is 28.2 Å². The standard InChI is InChI=1S/C33H25NO3/c1-3-37-25-19-17-24(18-20-25)34-30(22-9-5-4-6-10-22)28-29(31(34)23-15-13-21(2)14-16-23)33(36)27-12-8-7-11-26(27)32(28)35/h4-20H,3H2,1-2H3. The fraction of sp³-hybridized carbons (Fsp3) is 0.0909. The molecule has 0 radical (unpaired) electrons. The van der Waals surface area contributed by atoms with Crippen molar-refractivity contribution in [3.63, 3.8) is 0 Å². The summed E-state index contributed by atoms with van der Waals surface area (Å²) < 4.78 is 7.74. The van der Waals surface area contributed by atoms with Gasteiger partial charge in [-0.3, -0.25) is 9.59 Å². The molecule has 1 aromatic heterocycles. The van der Waals surface area contributed by atoms with Crippen molar-refractivity contribution < 1.29 is 14.3 Å². The highest BCUT2D eigenvalue weighted by Gasteiger charge is 2.39. The van der Waals surface area contributed by atoms with E-state index >= 15 is 0 Å². The van der Waals surface area contributed by atoms with E-state index in [1.807, 2.05) is 105 Å². The summed E-state index contributed by atoms with van der Waals surface area (Å²) in [7, 11) is 0. The van der Waals surface area contributed by atoms with Crippen molar-refractivity contribution in [1.29, 1.82) is 0 Å². The maximum Gasteiger partial charge on any atom is 0.196 e. The lowest BCUT2D eigenvalue weighted by Crippen LogP contribution is -2.20. The second-order valence-electron chi connectivity index (χ2n) is 9.15. The van der Waals surface area contributed by atoms with Crippen molar-refractivity contribution in [2.75, 3.05) is 6.61 Å². The fourth-order valence-electron chi connectivity index (χ4n) is 5.13. The van der Waals surface area contributed by atoms with Gasteiger partial charge in [-0.25, -0.2) is 0 Å². The number of benzene rings is 4. The molecule has 180 valence electrons. The molecular weight excluding hydrogens is 458 g/mol. The van der Waals surface area contributed by atoms with Crippen molar-refractivity contribution >= 4 is 11.6 Å². The van der Waals surface area contributed by atoms with Gasteiger partial charge in [0.15, 0.2) is 11.6 Å². The largest absolute Gasteiger partial charge is 0.494 e. The van der Waals surface area contributed by atoms with Crippen molar-refractivity contribution in [1.82, 2.24) is 4.57 Å². The highest BCUT2D eigenvalue weighted by Crippen LogP contribution is 2.44. The molecule has 4 nitrogen and oxygen atoms in total. The molecule has 37 heavy (non-hydrogen) atoms. The molecule has 6 rings (SSSR count). The molecule has 0 amide bonds. The van der Waals surface area contributed by atoms with Gasteiger partial charge in [-0.15, -0.1) is 0 Å². The zero-order chi connectivity index (χ0) is 25.5. The van der Waals surface area contributed by atoms with E-state index in [0.29, 0.717) is 40.2 Å². The van der Waals surface area contributed by atoms with Gasteiger partial charge in [-0.05, 0) is 49.2 Å². The number of carbonyl (C=O) groups is 2. The van der Waals surface area contributed by atoms with E-state index in [9.17, 15) is 9.59 Å². The number of hydrogen-bond acceptors (Lipinski definition) is 3. The Morgan fingerprint density at radius 2 is 1.14 bits per heavy atom. The molecular formula is C33H25NO3. The lowest BCUT2D eigenvalue weighted by Gasteiger charge is -2.16. The van der Waals surface area contributed by atoms with Crippen LogP contribution in [0.1, 0.15) is 44.3 Å². The molecule has 0 saturated heterocycles. The topological polar surface area (TPSA) is 48.3 Å². The first-order valence-electron chi connectivity index (χ1n) is 12.4. The Kier molecular flexibility index (Phi) is 5.57. The van der Waals surface area contributed by atoms with Crippen LogP contribution in [0.5, 0.6) is 5.75 Å². The number of nitrogens with zero attached hydrogens (tertiary/aromatic N) is 1. The van der Waals surface area contributed by atoms with Gasteiger partial charge in [0.05, 0.1) is 29.1 Å². The van der Waals surface area contributed by atoms with Crippen LogP contribution in [0, 0.1) is 6.92 Å². The molecule has 0 atom stereocenters. The zero-order valence-electron chi connectivity index (χ0n) is 20.7. The third-order valence-electron chi connectivity index (χ3n) is 6.82. The summed E-state index contributed by atoms with van der Waals surface area (Å²) in [5.74, 6) is 0.491. The lowest BCUT2D eigenvalue weighted by molar-refractivity contribution is 0.0981. The summed E-state index contributed by atoms with van der Waals surface area (Å²) in [6.07, 6.45) is 0. The minimum atomic E-state index is -0.137. The van der Waals surface area contributed by atoms with Crippen LogP contribution in [0.3, 0.4) is 0 Å². The van der Waals surface area contributed by atoms with E-state index < -0.39 is 0 Å². The van der Waals surface area contributed by atoms with Crippen LogP contribution in [0.4, 0.5) is 0 Å². The number of ether oxygens (including phenoxy) is 1. The third kappa shape index (κ3) is 3.69. The second-order valence-corrected chi connectivity index (χ2v) is 9.15.